The third-order valence-corrected chi connectivity index (χ3v) is 2.96. The second-order valence-electron chi connectivity index (χ2n) is 4.38. The Morgan fingerprint density at radius 2 is 2.23 bits per heavy atom. The van der Waals surface area contributed by atoms with Gasteiger partial charge in [0.15, 0.2) is 0 Å². The minimum atomic E-state index is 0.0825. The van der Waals surface area contributed by atoms with Crippen LogP contribution in [0.25, 0.3) is 0 Å². The first kappa shape index (κ1) is 9.00. The molecule has 0 aromatic rings. The average Bonchev–Trinajstić information content (AvgIpc) is 2.64. The lowest BCUT2D eigenvalue weighted by Crippen LogP contribution is -2.43. The number of hydrogen-bond donors (Lipinski definition) is 1. The highest BCUT2D eigenvalue weighted by molar-refractivity contribution is 5.78. The van der Waals surface area contributed by atoms with Crippen LogP contribution in [0.3, 0.4) is 0 Å². The Balaban J connectivity index is 1.86. The summed E-state index contributed by atoms with van der Waals surface area (Å²) in [5.74, 6) is 0.236. The number of hydrogen-bond acceptors (Lipinski definition) is 2. The van der Waals surface area contributed by atoms with E-state index in [1.807, 2.05) is 13.8 Å². The molecule has 2 fully saturated rings. The second kappa shape index (κ2) is 3.29. The van der Waals surface area contributed by atoms with Crippen molar-refractivity contribution in [2.45, 2.75) is 51.4 Å². The predicted molar refractivity (Wildman–Crippen MR) is 49.3 cm³/mol. The summed E-state index contributed by atoms with van der Waals surface area (Å²) in [6, 6.07) is 0.286. The van der Waals surface area contributed by atoms with Gasteiger partial charge in [-0.15, -0.1) is 0 Å². The number of rotatable bonds is 2. The largest absolute Gasteiger partial charge is 0.373 e. The van der Waals surface area contributed by atoms with Gasteiger partial charge in [0.1, 0.15) is 0 Å². The molecule has 0 aromatic heterocycles. The third-order valence-electron chi connectivity index (χ3n) is 2.96. The van der Waals surface area contributed by atoms with Crippen LogP contribution in [0.1, 0.15) is 33.1 Å². The molecule has 13 heavy (non-hydrogen) atoms. The fourth-order valence-corrected chi connectivity index (χ4v) is 2.14. The zero-order chi connectivity index (χ0) is 9.42. The van der Waals surface area contributed by atoms with Crippen molar-refractivity contribution < 1.29 is 9.53 Å². The molecular formula is C10H17NO2. The lowest BCUT2D eigenvalue weighted by molar-refractivity contribution is -0.125. The molecule has 2 saturated heterocycles. The molecule has 3 atom stereocenters. The summed E-state index contributed by atoms with van der Waals surface area (Å²) in [6.07, 6.45) is 4.03. The van der Waals surface area contributed by atoms with Gasteiger partial charge in [-0.05, 0) is 19.3 Å². The number of carbonyl (C=O) groups is 1. The smallest absolute Gasteiger partial charge is 0.222 e. The molecule has 0 aromatic carbocycles. The van der Waals surface area contributed by atoms with E-state index in [1.165, 1.54) is 6.42 Å². The average molecular weight is 183 g/mol. The van der Waals surface area contributed by atoms with Crippen molar-refractivity contribution in [2.24, 2.45) is 5.92 Å². The van der Waals surface area contributed by atoms with Gasteiger partial charge in [0.05, 0.1) is 18.2 Å². The van der Waals surface area contributed by atoms with Crippen molar-refractivity contribution in [3.63, 3.8) is 0 Å². The Labute approximate surface area is 78.8 Å². The molecule has 0 radical (unpaired) electrons. The summed E-state index contributed by atoms with van der Waals surface area (Å²) in [4.78, 5) is 11.4. The van der Waals surface area contributed by atoms with Gasteiger partial charge in [0.2, 0.25) is 5.91 Å². The van der Waals surface area contributed by atoms with Crippen LogP contribution in [-0.4, -0.2) is 24.2 Å². The molecule has 74 valence electrons. The lowest BCUT2D eigenvalue weighted by Gasteiger charge is -2.20. The fourth-order valence-electron chi connectivity index (χ4n) is 2.14. The van der Waals surface area contributed by atoms with Crippen LogP contribution in [0.4, 0.5) is 0 Å². The zero-order valence-electron chi connectivity index (χ0n) is 8.25. The number of nitrogens with one attached hydrogen (secondary N) is 1. The van der Waals surface area contributed by atoms with Gasteiger partial charge >= 0.3 is 0 Å². The van der Waals surface area contributed by atoms with Crippen LogP contribution in [-0.2, 0) is 9.53 Å². The van der Waals surface area contributed by atoms with E-state index in [2.05, 4.69) is 5.32 Å². The molecule has 2 aliphatic rings. The van der Waals surface area contributed by atoms with Crippen LogP contribution >= 0.6 is 0 Å². The summed E-state index contributed by atoms with van der Waals surface area (Å²) < 4.78 is 5.65. The third kappa shape index (κ3) is 1.70. The van der Waals surface area contributed by atoms with Gasteiger partial charge in [-0.3, -0.25) is 4.79 Å². The molecule has 0 spiro atoms. The van der Waals surface area contributed by atoms with Gasteiger partial charge in [-0.1, -0.05) is 13.8 Å². The minimum Gasteiger partial charge on any atom is -0.373 e. The number of fused-ring (bicyclic) bond motifs is 2. The number of carbonyl (C=O) groups excluding carboxylic acids is 1. The molecular weight excluding hydrogens is 166 g/mol. The molecule has 2 aliphatic heterocycles. The van der Waals surface area contributed by atoms with Crippen LogP contribution in [0.15, 0.2) is 0 Å². The van der Waals surface area contributed by atoms with E-state index in [0.717, 1.165) is 12.8 Å². The van der Waals surface area contributed by atoms with E-state index in [9.17, 15) is 4.79 Å². The van der Waals surface area contributed by atoms with E-state index in [0.29, 0.717) is 12.2 Å². The Morgan fingerprint density at radius 3 is 2.69 bits per heavy atom. The first-order chi connectivity index (χ1) is 6.16. The van der Waals surface area contributed by atoms with Crippen molar-refractivity contribution in [3.8, 4) is 0 Å². The van der Waals surface area contributed by atoms with Gasteiger partial charge in [-0.2, -0.15) is 0 Å². The molecule has 3 heteroatoms. The van der Waals surface area contributed by atoms with Crippen molar-refractivity contribution in [1.82, 2.24) is 5.32 Å². The molecule has 2 rings (SSSR count). The van der Waals surface area contributed by atoms with Crippen molar-refractivity contribution in [2.75, 3.05) is 0 Å². The minimum absolute atomic E-state index is 0.0825. The fraction of sp³-hybridized carbons (Fsp3) is 0.900. The Hall–Kier alpha value is -0.570. The van der Waals surface area contributed by atoms with E-state index in [1.54, 1.807) is 0 Å². The first-order valence-corrected chi connectivity index (χ1v) is 5.12. The molecule has 3 nitrogen and oxygen atoms in total. The monoisotopic (exact) mass is 183 g/mol. The second-order valence-corrected chi connectivity index (χ2v) is 4.38. The zero-order valence-corrected chi connectivity index (χ0v) is 8.25. The molecule has 2 bridgehead atoms. The van der Waals surface area contributed by atoms with E-state index in [4.69, 9.17) is 4.74 Å². The topological polar surface area (TPSA) is 38.3 Å². The van der Waals surface area contributed by atoms with Crippen LogP contribution in [0, 0.1) is 5.92 Å². The van der Waals surface area contributed by atoms with Crippen molar-refractivity contribution in [3.05, 3.63) is 0 Å². The molecule has 0 aliphatic carbocycles. The summed E-state index contributed by atoms with van der Waals surface area (Å²) in [6.45, 7) is 3.84. The Kier molecular flexibility index (Phi) is 2.28. The van der Waals surface area contributed by atoms with E-state index >= 15 is 0 Å². The predicted octanol–water partition coefficient (Wildman–Crippen LogP) is 1.08. The Morgan fingerprint density at radius 1 is 1.46 bits per heavy atom. The quantitative estimate of drug-likeness (QED) is 0.695. The maximum absolute atomic E-state index is 11.4. The number of amides is 1. The molecule has 0 saturated carbocycles. The number of ether oxygens (including phenoxy) is 1. The standard InChI is InChI=1S/C10H17NO2/c1-6(2)10(12)11-8-5-7-3-4-9(8)13-7/h6-9H,3-5H2,1-2H3,(H,11,12)/t7-,8-,9+/m1/s1. The maximum Gasteiger partial charge on any atom is 0.222 e. The molecule has 1 amide bonds. The molecule has 1 N–H and O–H groups in total. The van der Waals surface area contributed by atoms with Gasteiger partial charge in [0.25, 0.3) is 0 Å². The molecule has 0 unspecified atom stereocenters. The summed E-state index contributed by atoms with van der Waals surface area (Å²) in [5, 5.41) is 3.05. The van der Waals surface area contributed by atoms with Crippen molar-refractivity contribution in [1.29, 1.82) is 0 Å². The van der Waals surface area contributed by atoms with Crippen LogP contribution < -0.4 is 5.32 Å². The lowest BCUT2D eigenvalue weighted by atomic mass is 9.95. The van der Waals surface area contributed by atoms with Gasteiger partial charge < -0.3 is 10.1 Å². The Bertz CT molecular complexity index is 215. The summed E-state index contributed by atoms with van der Waals surface area (Å²) >= 11 is 0. The van der Waals surface area contributed by atoms with Crippen molar-refractivity contribution >= 4 is 5.91 Å². The van der Waals surface area contributed by atoms with E-state index < -0.39 is 0 Å². The van der Waals surface area contributed by atoms with Crippen LogP contribution in [0.2, 0.25) is 0 Å². The van der Waals surface area contributed by atoms with E-state index in [-0.39, 0.29) is 17.9 Å². The highest BCUT2D eigenvalue weighted by Gasteiger charge is 2.41. The normalized spacial score (nSPS) is 37.0. The summed E-state index contributed by atoms with van der Waals surface area (Å²) in [7, 11) is 0. The van der Waals surface area contributed by atoms with Gasteiger partial charge in [-0.25, -0.2) is 0 Å². The summed E-state index contributed by atoms with van der Waals surface area (Å²) in [5.41, 5.74) is 0. The SMILES string of the molecule is CC(C)C(=O)N[C@@H]1C[C@H]2CC[C@@H]1O2. The first-order valence-electron chi connectivity index (χ1n) is 5.12. The van der Waals surface area contributed by atoms with Gasteiger partial charge in [0, 0.05) is 5.92 Å². The highest BCUT2D eigenvalue weighted by Crippen LogP contribution is 2.34. The maximum atomic E-state index is 11.4. The highest BCUT2D eigenvalue weighted by atomic mass is 16.5. The molecule has 2 heterocycles. The van der Waals surface area contributed by atoms with Crippen LogP contribution in [0.5, 0.6) is 0 Å².